The quantitative estimate of drug-likeness (QED) is 0.260. The molecule has 60 heavy (non-hydrogen) atoms. The van der Waals surface area contributed by atoms with Crippen molar-refractivity contribution in [1.29, 1.82) is 0 Å². The molecule has 1 unspecified atom stereocenters. The first-order valence-corrected chi connectivity index (χ1v) is 29.8. The van der Waals surface area contributed by atoms with E-state index in [9.17, 15) is 0 Å². The van der Waals surface area contributed by atoms with Crippen molar-refractivity contribution in [2.24, 2.45) is 17.8 Å². The molecule has 3 aliphatic carbocycles. The first-order valence-electron chi connectivity index (χ1n) is 29.8. The maximum atomic E-state index is 2.19. The van der Waals surface area contributed by atoms with E-state index in [0.717, 1.165) is 17.8 Å². The van der Waals surface area contributed by atoms with Crippen LogP contribution in [0.15, 0.2) is 0 Å². The van der Waals surface area contributed by atoms with E-state index in [1.165, 1.54) is 327 Å². The molecule has 0 nitrogen and oxygen atoms in total. The Kier molecular flexibility index (Phi) is 38.9. The molecule has 0 aromatic rings. The Morgan fingerprint density at radius 1 is 0.167 bits per heavy atom. The molecule has 3 rings (SSSR count). The summed E-state index contributed by atoms with van der Waals surface area (Å²) in [4.78, 5) is 0. The summed E-state index contributed by atoms with van der Waals surface area (Å²) < 4.78 is 0. The molecule has 0 aromatic heterocycles. The molecule has 0 bridgehead atoms. The molecule has 0 aromatic carbocycles. The molecule has 1 atom stereocenters. The summed E-state index contributed by atoms with van der Waals surface area (Å²) in [7, 11) is 0. The van der Waals surface area contributed by atoms with Gasteiger partial charge in [0.1, 0.15) is 0 Å². The van der Waals surface area contributed by atoms with Crippen LogP contribution >= 0.6 is 0 Å². The van der Waals surface area contributed by atoms with Crippen LogP contribution in [0.5, 0.6) is 0 Å². The van der Waals surface area contributed by atoms with Crippen molar-refractivity contribution in [2.75, 3.05) is 0 Å². The highest BCUT2D eigenvalue weighted by Crippen LogP contribution is 2.45. The Morgan fingerprint density at radius 2 is 0.350 bits per heavy atom. The van der Waals surface area contributed by atoms with Gasteiger partial charge in [0, 0.05) is 0 Å². The zero-order valence-electron chi connectivity index (χ0n) is 41.8. The van der Waals surface area contributed by atoms with Gasteiger partial charge >= 0.3 is 0 Å². The van der Waals surface area contributed by atoms with Gasteiger partial charge in [-0.25, -0.2) is 0 Å². The van der Waals surface area contributed by atoms with Gasteiger partial charge in [-0.2, -0.15) is 0 Å². The molecule has 0 N–H and O–H groups in total. The van der Waals surface area contributed by atoms with Gasteiger partial charge in [-0.3, -0.25) is 0 Å². The minimum Gasteiger partial charge on any atom is -0.0533 e. The Bertz CT molecular complexity index is 792. The number of rotatable bonds is 2. The lowest BCUT2D eigenvalue weighted by molar-refractivity contribution is 0.215. The van der Waals surface area contributed by atoms with Gasteiger partial charge in [-0.1, -0.05) is 334 Å². The van der Waals surface area contributed by atoms with Gasteiger partial charge in [0.15, 0.2) is 0 Å². The van der Waals surface area contributed by atoms with E-state index < -0.39 is 0 Å². The Labute approximate surface area is 381 Å². The smallest absolute Gasteiger partial charge is 0.0176 e. The first kappa shape index (κ1) is 54.3. The van der Waals surface area contributed by atoms with Gasteiger partial charge < -0.3 is 0 Å². The van der Waals surface area contributed by atoms with Gasteiger partial charge in [0.2, 0.25) is 0 Å². The molecule has 0 saturated heterocycles. The van der Waals surface area contributed by atoms with Crippen molar-refractivity contribution in [3.8, 4) is 0 Å². The fourth-order valence-electron chi connectivity index (χ4n) is 12.5. The number of hydrogen-bond acceptors (Lipinski definition) is 0. The van der Waals surface area contributed by atoms with Crippen LogP contribution in [0.2, 0.25) is 0 Å². The molecule has 1 radical (unpaired) electrons. The SMILES string of the molecule is C1CCCCCCCCCCCC(C2CCCCCCCCCCCCCCC2)[C](C2CCCCCCCCCCCCCCCCCCC2)CCCCCCCCCC1. The highest BCUT2D eigenvalue weighted by molar-refractivity contribution is 5.04. The molecule has 0 aliphatic heterocycles. The van der Waals surface area contributed by atoms with Crippen molar-refractivity contribution in [3.63, 3.8) is 0 Å². The van der Waals surface area contributed by atoms with Crippen LogP contribution in [0, 0.1) is 23.7 Å². The second kappa shape index (κ2) is 42.9. The van der Waals surface area contributed by atoms with Crippen LogP contribution in [0.3, 0.4) is 0 Å². The van der Waals surface area contributed by atoms with Gasteiger partial charge in [-0.05, 0) is 49.4 Å². The third-order valence-electron chi connectivity index (χ3n) is 16.6. The topological polar surface area (TPSA) is 0 Å². The summed E-state index contributed by atoms with van der Waals surface area (Å²) in [5, 5.41) is 0. The van der Waals surface area contributed by atoms with E-state index in [2.05, 4.69) is 5.92 Å². The van der Waals surface area contributed by atoms with E-state index in [1.807, 2.05) is 0 Å². The maximum Gasteiger partial charge on any atom is -0.0176 e. The first-order chi connectivity index (χ1) is 29.9. The largest absolute Gasteiger partial charge is 0.0533 e. The second-order valence-electron chi connectivity index (χ2n) is 22.0. The molecule has 3 aliphatic rings. The van der Waals surface area contributed by atoms with Crippen LogP contribution in [0.25, 0.3) is 0 Å². The molecule has 0 amide bonds. The average molecular weight is 837 g/mol. The lowest BCUT2D eigenvalue weighted by Crippen LogP contribution is -2.29. The summed E-state index contributed by atoms with van der Waals surface area (Å²) in [6.07, 6.45) is 84.6. The fourth-order valence-corrected chi connectivity index (χ4v) is 12.5. The monoisotopic (exact) mass is 836 g/mol. The van der Waals surface area contributed by atoms with Gasteiger partial charge in [-0.15, -0.1) is 0 Å². The standard InChI is InChI=1S/C60H115/c1-2-4-9-13-20-26-32-38-44-50-56-60(58-53-47-41-35-29-23-17-14-18-24-30-36-42-48-54-58)59(55-49-43-37-31-25-19-12-8-3-1)57-51-45-39-33-27-21-15-10-6-5-7-11-16-22-28-34-40-46-52-57/h57-58,60H,1-56H2. The minimum absolute atomic E-state index is 0.930. The Balaban J connectivity index is 1.79. The van der Waals surface area contributed by atoms with Crippen molar-refractivity contribution < 1.29 is 0 Å². The molecule has 3 saturated carbocycles. The molecule has 355 valence electrons. The molecule has 0 heterocycles. The van der Waals surface area contributed by atoms with Crippen molar-refractivity contribution >= 4 is 0 Å². The molecule has 0 heteroatoms. The highest BCUT2D eigenvalue weighted by Gasteiger charge is 2.34. The lowest BCUT2D eigenvalue weighted by Gasteiger charge is -2.39. The zero-order valence-corrected chi connectivity index (χ0v) is 41.8. The van der Waals surface area contributed by atoms with Crippen molar-refractivity contribution in [3.05, 3.63) is 5.92 Å². The molecule has 0 spiro atoms. The van der Waals surface area contributed by atoms with Crippen molar-refractivity contribution in [1.82, 2.24) is 0 Å². The van der Waals surface area contributed by atoms with E-state index in [4.69, 9.17) is 0 Å². The number of hydrogen-bond donors (Lipinski definition) is 0. The maximum absolute atomic E-state index is 2.19. The fraction of sp³-hybridized carbons (Fsp3) is 0.983. The van der Waals surface area contributed by atoms with E-state index in [-0.39, 0.29) is 0 Å². The van der Waals surface area contributed by atoms with E-state index >= 15 is 0 Å². The summed E-state index contributed by atoms with van der Waals surface area (Å²) in [5.41, 5.74) is 0. The molecular formula is C60H115. The van der Waals surface area contributed by atoms with Crippen LogP contribution in [-0.4, -0.2) is 0 Å². The zero-order chi connectivity index (χ0) is 41.9. The summed E-state index contributed by atoms with van der Waals surface area (Å²) >= 11 is 0. The normalized spacial score (nSPS) is 26.9. The van der Waals surface area contributed by atoms with Crippen LogP contribution in [-0.2, 0) is 0 Å². The van der Waals surface area contributed by atoms with Crippen molar-refractivity contribution in [2.45, 2.75) is 360 Å². The summed E-state index contributed by atoms with van der Waals surface area (Å²) in [5.74, 6) is 5.03. The van der Waals surface area contributed by atoms with Gasteiger partial charge in [0.25, 0.3) is 0 Å². The average Bonchev–Trinajstić information content (AvgIpc) is 3.25. The lowest BCUT2D eigenvalue weighted by atomic mass is 9.66. The van der Waals surface area contributed by atoms with Crippen LogP contribution in [0.4, 0.5) is 0 Å². The van der Waals surface area contributed by atoms with E-state index in [1.54, 1.807) is 32.1 Å². The van der Waals surface area contributed by atoms with Crippen LogP contribution < -0.4 is 0 Å². The predicted molar refractivity (Wildman–Crippen MR) is 272 cm³/mol. The Hall–Kier alpha value is 0. The third kappa shape index (κ3) is 31.8. The summed E-state index contributed by atoms with van der Waals surface area (Å²) in [6, 6.07) is 0. The van der Waals surface area contributed by atoms with Crippen LogP contribution in [0.1, 0.15) is 360 Å². The van der Waals surface area contributed by atoms with Gasteiger partial charge in [0.05, 0.1) is 0 Å². The second-order valence-corrected chi connectivity index (χ2v) is 22.0. The summed E-state index contributed by atoms with van der Waals surface area (Å²) in [6.45, 7) is 0. The molecular weight excluding hydrogens is 721 g/mol. The predicted octanol–water partition coefficient (Wildman–Crippen LogP) is 22.3. The Morgan fingerprint density at radius 3 is 0.600 bits per heavy atom. The highest BCUT2D eigenvalue weighted by atomic mass is 14.4. The van der Waals surface area contributed by atoms with E-state index in [0.29, 0.717) is 0 Å². The molecule has 3 fully saturated rings. The minimum atomic E-state index is 0.930. The third-order valence-corrected chi connectivity index (χ3v) is 16.6.